The number of ether oxygens (including phenoxy) is 2. The van der Waals surface area contributed by atoms with Gasteiger partial charge in [-0.05, 0) is 43.2 Å². The molecular formula is C17H20N2O2. The number of aliphatic imine (C=N–C) groups is 1. The lowest BCUT2D eigenvalue weighted by Crippen LogP contribution is -1.95. The van der Waals surface area contributed by atoms with E-state index in [2.05, 4.69) is 9.98 Å². The van der Waals surface area contributed by atoms with E-state index in [1.807, 2.05) is 49.5 Å². The lowest BCUT2D eigenvalue weighted by molar-refractivity contribution is 0.354. The Morgan fingerprint density at radius 2 is 1.90 bits per heavy atom. The molecule has 1 aromatic heterocycles. The van der Waals surface area contributed by atoms with Gasteiger partial charge in [0.15, 0.2) is 11.5 Å². The molecular weight excluding hydrogens is 264 g/mol. The summed E-state index contributed by atoms with van der Waals surface area (Å²) in [5, 5.41) is 0. The number of pyridine rings is 1. The van der Waals surface area contributed by atoms with Crippen LogP contribution in [0.2, 0.25) is 0 Å². The Hall–Kier alpha value is -2.36. The van der Waals surface area contributed by atoms with Crippen molar-refractivity contribution in [2.45, 2.75) is 13.3 Å². The topological polar surface area (TPSA) is 43.7 Å². The predicted octanol–water partition coefficient (Wildman–Crippen LogP) is 3.07. The summed E-state index contributed by atoms with van der Waals surface area (Å²) in [4.78, 5) is 8.80. The molecule has 0 bridgehead atoms. The fourth-order valence-electron chi connectivity index (χ4n) is 2.02. The molecule has 0 atom stereocenters. The van der Waals surface area contributed by atoms with Crippen molar-refractivity contribution < 1.29 is 9.47 Å². The maximum absolute atomic E-state index is 5.29. The number of benzene rings is 1. The van der Waals surface area contributed by atoms with E-state index in [0.717, 1.165) is 29.3 Å². The van der Waals surface area contributed by atoms with Crippen molar-refractivity contribution in [1.82, 2.24) is 4.98 Å². The molecule has 0 fully saturated rings. The van der Waals surface area contributed by atoms with E-state index in [1.54, 1.807) is 14.2 Å². The van der Waals surface area contributed by atoms with E-state index in [4.69, 9.17) is 9.47 Å². The second-order valence-corrected chi connectivity index (χ2v) is 4.68. The summed E-state index contributed by atoms with van der Waals surface area (Å²) in [6, 6.07) is 11.8. The average Bonchev–Trinajstić information content (AvgIpc) is 2.51. The van der Waals surface area contributed by atoms with Gasteiger partial charge >= 0.3 is 0 Å². The highest BCUT2D eigenvalue weighted by Gasteiger charge is 2.03. The highest BCUT2D eigenvalue weighted by molar-refractivity contribution is 5.76. The third-order valence-electron chi connectivity index (χ3n) is 3.11. The van der Waals surface area contributed by atoms with Crippen molar-refractivity contribution in [3.05, 3.63) is 53.3 Å². The van der Waals surface area contributed by atoms with Gasteiger partial charge in [0.2, 0.25) is 0 Å². The molecule has 4 heteroatoms. The maximum atomic E-state index is 5.29. The largest absolute Gasteiger partial charge is 0.493 e. The van der Waals surface area contributed by atoms with Crippen LogP contribution in [0.3, 0.4) is 0 Å². The number of rotatable bonds is 6. The number of nitrogens with zero attached hydrogens (tertiary/aromatic N) is 2. The molecule has 0 radical (unpaired) electrons. The van der Waals surface area contributed by atoms with Gasteiger partial charge in [0.1, 0.15) is 0 Å². The molecule has 21 heavy (non-hydrogen) atoms. The number of aromatic nitrogens is 1. The average molecular weight is 284 g/mol. The minimum absolute atomic E-state index is 0.713. The molecule has 0 aliphatic heterocycles. The quantitative estimate of drug-likeness (QED) is 0.766. The van der Waals surface area contributed by atoms with E-state index in [0.29, 0.717) is 6.54 Å². The molecule has 0 amide bonds. The molecule has 0 aliphatic rings. The van der Waals surface area contributed by atoms with Crippen molar-refractivity contribution in [3.8, 4) is 11.5 Å². The van der Waals surface area contributed by atoms with Crippen LogP contribution in [-0.4, -0.2) is 32.0 Å². The first-order valence-electron chi connectivity index (χ1n) is 6.87. The number of aryl methyl sites for hydroxylation is 1. The molecule has 0 saturated heterocycles. The summed E-state index contributed by atoms with van der Waals surface area (Å²) in [6.45, 7) is 2.69. The Bertz CT molecular complexity index is 624. The van der Waals surface area contributed by atoms with E-state index < -0.39 is 0 Å². The summed E-state index contributed by atoms with van der Waals surface area (Å²) >= 11 is 0. The summed E-state index contributed by atoms with van der Waals surface area (Å²) in [6.07, 6.45) is 2.66. The van der Waals surface area contributed by atoms with Crippen molar-refractivity contribution in [2.24, 2.45) is 4.99 Å². The minimum Gasteiger partial charge on any atom is -0.493 e. The smallest absolute Gasteiger partial charge is 0.160 e. The first-order chi connectivity index (χ1) is 10.2. The van der Waals surface area contributed by atoms with Crippen LogP contribution >= 0.6 is 0 Å². The highest BCUT2D eigenvalue weighted by atomic mass is 16.5. The lowest BCUT2D eigenvalue weighted by atomic mass is 10.1. The lowest BCUT2D eigenvalue weighted by Gasteiger charge is -2.08. The first kappa shape index (κ1) is 15.0. The first-order valence-corrected chi connectivity index (χ1v) is 6.87. The molecule has 1 heterocycles. The van der Waals surface area contributed by atoms with Gasteiger partial charge in [-0.3, -0.25) is 9.98 Å². The molecule has 4 nitrogen and oxygen atoms in total. The zero-order valence-corrected chi connectivity index (χ0v) is 12.7. The van der Waals surface area contributed by atoms with Crippen LogP contribution in [0.5, 0.6) is 11.5 Å². The van der Waals surface area contributed by atoms with Gasteiger partial charge < -0.3 is 9.47 Å². The van der Waals surface area contributed by atoms with Crippen LogP contribution in [0.1, 0.15) is 17.0 Å². The molecule has 0 N–H and O–H groups in total. The summed E-state index contributed by atoms with van der Waals surface area (Å²) in [5.41, 5.74) is 3.06. The molecule has 2 aromatic rings. The number of methoxy groups -OCH3 is 2. The summed E-state index contributed by atoms with van der Waals surface area (Å²) < 4.78 is 10.5. The van der Waals surface area contributed by atoms with Crippen LogP contribution in [-0.2, 0) is 6.42 Å². The van der Waals surface area contributed by atoms with Crippen molar-refractivity contribution in [2.75, 3.05) is 20.8 Å². The Morgan fingerprint density at radius 1 is 1.10 bits per heavy atom. The van der Waals surface area contributed by atoms with E-state index >= 15 is 0 Å². The van der Waals surface area contributed by atoms with Crippen molar-refractivity contribution in [3.63, 3.8) is 0 Å². The van der Waals surface area contributed by atoms with Crippen molar-refractivity contribution in [1.29, 1.82) is 0 Å². The van der Waals surface area contributed by atoms with Crippen LogP contribution in [0.25, 0.3) is 0 Å². The molecule has 0 unspecified atom stereocenters. The number of hydrogen-bond donors (Lipinski definition) is 0. The Morgan fingerprint density at radius 3 is 2.62 bits per heavy atom. The second-order valence-electron chi connectivity index (χ2n) is 4.68. The van der Waals surface area contributed by atoms with Gasteiger partial charge in [-0.1, -0.05) is 12.1 Å². The third kappa shape index (κ3) is 4.31. The van der Waals surface area contributed by atoms with E-state index in [-0.39, 0.29) is 0 Å². The SMILES string of the molecule is COc1ccc(CCN=Cc2cccc(C)n2)cc1OC. The zero-order valence-electron chi connectivity index (χ0n) is 12.7. The Balaban J connectivity index is 1.94. The summed E-state index contributed by atoms with van der Waals surface area (Å²) in [5.74, 6) is 1.49. The Labute approximate surface area is 125 Å². The molecule has 1 aromatic carbocycles. The molecule has 2 rings (SSSR count). The van der Waals surface area contributed by atoms with Crippen molar-refractivity contribution >= 4 is 6.21 Å². The fourth-order valence-corrected chi connectivity index (χ4v) is 2.02. The standard InChI is InChI=1S/C17H20N2O2/c1-13-5-4-6-15(19-13)12-18-10-9-14-7-8-16(20-2)17(11-14)21-3/h4-8,11-12H,9-10H2,1-3H3. The molecule has 0 spiro atoms. The van der Waals surface area contributed by atoms with E-state index in [1.165, 1.54) is 5.56 Å². The van der Waals surface area contributed by atoms with Crippen LogP contribution in [0.15, 0.2) is 41.4 Å². The molecule has 0 aliphatic carbocycles. The predicted molar refractivity (Wildman–Crippen MR) is 84.7 cm³/mol. The van der Waals surface area contributed by atoms with Gasteiger partial charge in [-0.25, -0.2) is 0 Å². The van der Waals surface area contributed by atoms with Crippen LogP contribution < -0.4 is 9.47 Å². The van der Waals surface area contributed by atoms with Gasteiger partial charge in [0.25, 0.3) is 0 Å². The summed E-state index contributed by atoms with van der Waals surface area (Å²) in [7, 11) is 3.28. The minimum atomic E-state index is 0.713. The van der Waals surface area contributed by atoms with Gasteiger partial charge in [-0.15, -0.1) is 0 Å². The van der Waals surface area contributed by atoms with Gasteiger partial charge in [-0.2, -0.15) is 0 Å². The normalized spacial score (nSPS) is 10.8. The third-order valence-corrected chi connectivity index (χ3v) is 3.11. The van der Waals surface area contributed by atoms with E-state index in [9.17, 15) is 0 Å². The molecule has 0 saturated carbocycles. The van der Waals surface area contributed by atoms with Crippen LogP contribution in [0, 0.1) is 6.92 Å². The Kier molecular flexibility index (Phi) is 5.32. The van der Waals surface area contributed by atoms with Gasteiger partial charge in [0.05, 0.1) is 19.9 Å². The highest BCUT2D eigenvalue weighted by Crippen LogP contribution is 2.27. The second kappa shape index (κ2) is 7.43. The van der Waals surface area contributed by atoms with Crippen LogP contribution in [0.4, 0.5) is 0 Å². The molecule has 110 valence electrons. The number of hydrogen-bond acceptors (Lipinski definition) is 4. The fraction of sp³-hybridized carbons (Fsp3) is 0.294. The zero-order chi connectivity index (χ0) is 15.1. The van der Waals surface area contributed by atoms with Gasteiger partial charge in [0, 0.05) is 18.5 Å². The maximum Gasteiger partial charge on any atom is 0.160 e. The monoisotopic (exact) mass is 284 g/mol.